The first-order chi connectivity index (χ1) is 10.3. The van der Waals surface area contributed by atoms with Gasteiger partial charge in [0.2, 0.25) is 0 Å². The Kier molecular flexibility index (Phi) is 2.61. The number of methoxy groups -OCH3 is 1. The number of rotatable bonds is 1. The molecule has 0 spiro atoms. The van der Waals surface area contributed by atoms with Crippen LogP contribution in [0.5, 0.6) is 5.75 Å². The highest BCUT2D eigenvalue weighted by molar-refractivity contribution is 6.37. The van der Waals surface area contributed by atoms with Crippen molar-refractivity contribution >= 4 is 22.7 Å². The van der Waals surface area contributed by atoms with Crippen LogP contribution in [0.2, 0.25) is 0 Å². The van der Waals surface area contributed by atoms with Gasteiger partial charge in [0, 0.05) is 11.3 Å². The molecule has 2 aromatic rings. The summed E-state index contributed by atoms with van der Waals surface area (Å²) in [6.45, 7) is 0. The summed E-state index contributed by atoms with van der Waals surface area (Å²) in [6.07, 6.45) is 1.86. The van der Waals surface area contributed by atoms with Gasteiger partial charge >= 0.3 is 0 Å². The fraction of sp³-hybridized carbons (Fsp3) is 0.167. The summed E-state index contributed by atoms with van der Waals surface area (Å²) in [7, 11) is 1.68. The number of allylic oxidation sites excluding steroid dienone is 1. The molecule has 1 amide bonds. The maximum atomic E-state index is 12.4. The molecule has 0 bridgehead atoms. The van der Waals surface area contributed by atoms with Crippen LogP contribution in [0, 0.1) is 0 Å². The van der Waals surface area contributed by atoms with Gasteiger partial charge in [-0.15, -0.1) is 0 Å². The number of carbonyl (C=O) groups excluding carboxylic acids is 1. The van der Waals surface area contributed by atoms with Crippen molar-refractivity contribution in [2.75, 3.05) is 12.4 Å². The number of aryl methyl sites for hydroxylation is 1. The molecule has 0 unspecified atom stereocenters. The SMILES string of the molecule is COc1ccc2c(c1)CCC2=C1C(=O)Nc2ccccc21. The van der Waals surface area contributed by atoms with Gasteiger partial charge in [-0.05, 0) is 47.7 Å². The van der Waals surface area contributed by atoms with E-state index in [-0.39, 0.29) is 5.91 Å². The number of amides is 1. The smallest absolute Gasteiger partial charge is 0.256 e. The minimum Gasteiger partial charge on any atom is -0.497 e. The van der Waals surface area contributed by atoms with E-state index in [2.05, 4.69) is 17.4 Å². The van der Waals surface area contributed by atoms with Crippen molar-refractivity contribution in [3.05, 3.63) is 59.2 Å². The van der Waals surface area contributed by atoms with E-state index in [1.54, 1.807) is 7.11 Å². The first-order valence-electron chi connectivity index (χ1n) is 7.09. The number of anilines is 1. The van der Waals surface area contributed by atoms with E-state index in [1.165, 1.54) is 11.1 Å². The van der Waals surface area contributed by atoms with E-state index in [0.29, 0.717) is 0 Å². The monoisotopic (exact) mass is 277 g/mol. The molecule has 0 fully saturated rings. The van der Waals surface area contributed by atoms with Crippen LogP contribution < -0.4 is 10.1 Å². The second kappa shape index (κ2) is 4.48. The van der Waals surface area contributed by atoms with Gasteiger partial charge in [-0.1, -0.05) is 24.3 Å². The first-order valence-corrected chi connectivity index (χ1v) is 7.09. The van der Waals surface area contributed by atoms with E-state index in [1.807, 2.05) is 30.3 Å². The van der Waals surface area contributed by atoms with Gasteiger partial charge in [-0.25, -0.2) is 0 Å². The molecule has 2 aliphatic rings. The summed E-state index contributed by atoms with van der Waals surface area (Å²) in [5.74, 6) is 0.881. The molecule has 1 heterocycles. The number of fused-ring (bicyclic) bond motifs is 2. The normalized spacial score (nSPS) is 19.2. The van der Waals surface area contributed by atoms with Crippen LogP contribution in [0.15, 0.2) is 42.5 Å². The van der Waals surface area contributed by atoms with Crippen molar-refractivity contribution in [3.63, 3.8) is 0 Å². The summed E-state index contributed by atoms with van der Waals surface area (Å²) < 4.78 is 5.28. The Morgan fingerprint density at radius 2 is 1.90 bits per heavy atom. The van der Waals surface area contributed by atoms with Gasteiger partial charge < -0.3 is 10.1 Å². The molecular weight excluding hydrogens is 262 g/mol. The lowest BCUT2D eigenvalue weighted by Gasteiger charge is -2.07. The molecule has 2 aromatic carbocycles. The number of nitrogens with one attached hydrogen (secondary N) is 1. The second-order valence-electron chi connectivity index (χ2n) is 5.38. The summed E-state index contributed by atoms with van der Waals surface area (Å²) in [5, 5.41) is 2.96. The van der Waals surface area contributed by atoms with E-state index >= 15 is 0 Å². The molecule has 0 atom stereocenters. The topological polar surface area (TPSA) is 38.3 Å². The fourth-order valence-electron chi connectivity index (χ4n) is 3.27. The zero-order valence-corrected chi connectivity index (χ0v) is 11.8. The third-order valence-electron chi connectivity index (χ3n) is 4.26. The molecule has 21 heavy (non-hydrogen) atoms. The zero-order chi connectivity index (χ0) is 14.4. The van der Waals surface area contributed by atoms with Crippen LogP contribution >= 0.6 is 0 Å². The van der Waals surface area contributed by atoms with Gasteiger partial charge in [0.25, 0.3) is 5.91 Å². The van der Waals surface area contributed by atoms with Crippen molar-refractivity contribution < 1.29 is 9.53 Å². The number of benzene rings is 2. The van der Waals surface area contributed by atoms with Crippen molar-refractivity contribution in [1.82, 2.24) is 0 Å². The highest BCUT2D eigenvalue weighted by Crippen LogP contribution is 2.43. The van der Waals surface area contributed by atoms with Crippen LogP contribution in [0.3, 0.4) is 0 Å². The quantitative estimate of drug-likeness (QED) is 0.810. The third kappa shape index (κ3) is 1.77. The maximum Gasteiger partial charge on any atom is 0.256 e. The highest BCUT2D eigenvalue weighted by Gasteiger charge is 2.30. The van der Waals surface area contributed by atoms with Gasteiger partial charge in [-0.2, -0.15) is 0 Å². The molecule has 1 aliphatic heterocycles. The van der Waals surface area contributed by atoms with Gasteiger partial charge in [0.15, 0.2) is 0 Å². The predicted molar refractivity (Wildman–Crippen MR) is 83.2 cm³/mol. The molecule has 1 aliphatic carbocycles. The van der Waals surface area contributed by atoms with Gasteiger partial charge in [0.05, 0.1) is 12.7 Å². The lowest BCUT2D eigenvalue weighted by atomic mass is 9.96. The molecule has 4 rings (SSSR count). The van der Waals surface area contributed by atoms with Crippen LogP contribution in [0.1, 0.15) is 23.1 Å². The van der Waals surface area contributed by atoms with Crippen molar-refractivity contribution in [1.29, 1.82) is 0 Å². The van der Waals surface area contributed by atoms with Crippen molar-refractivity contribution in [2.45, 2.75) is 12.8 Å². The highest BCUT2D eigenvalue weighted by atomic mass is 16.5. The van der Waals surface area contributed by atoms with E-state index in [9.17, 15) is 4.79 Å². The molecule has 0 saturated carbocycles. The van der Waals surface area contributed by atoms with Crippen LogP contribution in [-0.4, -0.2) is 13.0 Å². The summed E-state index contributed by atoms with van der Waals surface area (Å²) in [5.41, 5.74) is 6.34. The molecule has 3 nitrogen and oxygen atoms in total. The van der Waals surface area contributed by atoms with Crippen molar-refractivity contribution in [2.24, 2.45) is 0 Å². The van der Waals surface area contributed by atoms with E-state index < -0.39 is 0 Å². The molecule has 0 aromatic heterocycles. The lowest BCUT2D eigenvalue weighted by molar-refractivity contribution is -0.110. The molecule has 0 saturated heterocycles. The first kappa shape index (κ1) is 12.2. The second-order valence-corrected chi connectivity index (χ2v) is 5.38. The number of ether oxygens (including phenoxy) is 1. The van der Waals surface area contributed by atoms with E-state index in [4.69, 9.17) is 4.74 Å². The Bertz CT molecular complexity index is 790. The van der Waals surface area contributed by atoms with E-state index in [0.717, 1.165) is 41.0 Å². The number of carbonyl (C=O) groups is 1. The number of hydrogen-bond acceptors (Lipinski definition) is 2. The maximum absolute atomic E-state index is 12.4. The number of para-hydroxylation sites is 1. The Hall–Kier alpha value is -2.55. The summed E-state index contributed by atoms with van der Waals surface area (Å²) in [4.78, 5) is 12.4. The van der Waals surface area contributed by atoms with Crippen LogP contribution in [-0.2, 0) is 11.2 Å². The summed E-state index contributed by atoms with van der Waals surface area (Å²) in [6, 6.07) is 14.0. The van der Waals surface area contributed by atoms with Crippen LogP contribution in [0.4, 0.5) is 5.69 Å². The largest absolute Gasteiger partial charge is 0.497 e. The molecule has 1 N–H and O–H groups in total. The average Bonchev–Trinajstić information content (AvgIpc) is 3.06. The lowest BCUT2D eigenvalue weighted by Crippen LogP contribution is -2.05. The predicted octanol–water partition coefficient (Wildman–Crippen LogP) is 3.50. The van der Waals surface area contributed by atoms with Gasteiger partial charge in [0.1, 0.15) is 5.75 Å². The Labute approximate surface area is 123 Å². The minimum atomic E-state index is 0.00914. The fourth-order valence-corrected chi connectivity index (χ4v) is 3.27. The van der Waals surface area contributed by atoms with Gasteiger partial charge in [-0.3, -0.25) is 4.79 Å². The zero-order valence-electron chi connectivity index (χ0n) is 11.8. The minimum absolute atomic E-state index is 0.00914. The Balaban J connectivity index is 1.91. The average molecular weight is 277 g/mol. The van der Waals surface area contributed by atoms with Crippen molar-refractivity contribution in [3.8, 4) is 5.75 Å². The molecular formula is C18H15NO2. The molecule has 104 valence electrons. The standard InChI is InChI=1S/C18H15NO2/c1-21-12-7-9-13-11(10-12)6-8-14(13)17-15-4-2-3-5-16(15)19-18(17)20/h2-5,7,9-10H,6,8H2,1H3,(H,19,20). The number of hydrogen-bond donors (Lipinski definition) is 1. The Morgan fingerprint density at radius 3 is 2.76 bits per heavy atom. The van der Waals surface area contributed by atoms with Crippen LogP contribution in [0.25, 0.3) is 11.1 Å². The third-order valence-corrected chi connectivity index (χ3v) is 4.26. The summed E-state index contributed by atoms with van der Waals surface area (Å²) >= 11 is 0. The Morgan fingerprint density at radius 1 is 1.05 bits per heavy atom. The molecule has 0 radical (unpaired) electrons. The molecule has 3 heteroatoms.